The van der Waals surface area contributed by atoms with Gasteiger partial charge in [0.2, 0.25) is 0 Å². The molecule has 1 aromatic carbocycles. The van der Waals surface area contributed by atoms with Gasteiger partial charge in [-0.15, -0.1) is 0 Å². The highest BCUT2D eigenvalue weighted by Gasteiger charge is 2.25. The van der Waals surface area contributed by atoms with Crippen LogP contribution in [-0.4, -0.2) is 25.0 Å². The molecule has 0 aliphatic carbocycles. The van der Waals surface area contributed by atoms with Crippen molar-refractivity contribution in [1.29, 1.82) is 0 Å². The monoisotopic (exact) mass is 235 g/mol. The van der Waals surface area contributed by atoms with Crippen molar-refractivity contribution in [3.05, 3.63) is 35.9 Å². The minimum Gasteiger partial charge on any atom is -0.467 e. The first-order chi connectivity index (χ1) is 8.06. The molecule has 0 fully saturated rings. The summed E-state index contributed by atoms with van der Waals surface area (Å²) in [5.74, 6) is -0.714. The number of benzene rings is 1. The maximum atomic E-state index is 11.9. The van der Waals surface area contributed by atoms with E-state index in [1.807, 2.05) is 19.9 Å². The number of carbonyl (C=O) groups excluding carboxylic acids is 2. The van der Waals surface area contributed by atoms with Crippen molar-refractivity contribution in [3.63, 3.8) is 0 Å². The van der Waals surface area contributed by atoms with Crippen LogP contribution in [0.1, 0.15) is 24.2 Å². The zero-order valence-electron chi connectivity index (χ0n) is 10.3. The number of hydrogen-bond acceptors (Lipinski definition) is 3. The van der Waals surface area contributed by atoms with Gasteiger partial charge in [0.25, 0.3) is 5.91 Å². The average molecular weight is 235 g/mol. The Bertz CT molecular complexity index is 387. The number of rotatable bonds is 4. The Kier molecular flexibility index (Phi) is 4.69. The average Bonchev–Trinajstić information content (AvgIpc) is 2.35. The Morgan fingerprint density at radius 3 is 2.24 bits per heavy atom. The van der Waals surface area contributed by atoms with Crippen molar-refractivity contribution >= 4 is 11.9 Å². The van der Waals surface area contributed by atoms with Crippen LogP contribution in [0.4, 0.5) is 0 Å². The molecule has 0 heterocycles. The maximum Gasteiger partial charge on any atom is 0.328 e. The van der Waals surface area contributed by atoms with Crippen LogP contribution in [0.5, 0.6) is 0 Å². The van der Waals surface area contributed by atoms with Crippen molar-refractivity contribution < 1.29 is 14.3 Å². The molecule has 4 heteroatoms. The predicted octanol–water partition coefficient (Wildman–Crippen LogP) is 1.61. The van der Waals surface area contributed by atoms with E-state index in [4.69, 9.17) is 0 Å². The number of nitrogens with one attached hydrogen (secondary N) is 1. The van der Waals surface area contributed by atoms with Crippen LogP contribution in [0.3, 0.4) is 0 Å². The molecule has 1 N–H and O–H groups in total. The van der Waals surface area contributed by atoms with Crippen LogP contribution in [0.15, 0.2) is 30.3 Å². The molecule has 0 radical (unpaired) electrons. The normalized spacial score (nSPS) is 12.0. The third kappa shape index (κ3) is 3.59. The zero-order chi connectivity index (χ0) is 12.8. The third-order valence-corrected chi connectivity index (χ3v) is 2.44. The number of hydrogen-bond donors (Lipinski definition) is 1. The van der Waals surface area contributed by atoms with Gasteiger partial charge in [-0.3, -0.25) is 4.79 Å². The first-order valence-corrected chi connectivity index (χ1v) is 5.50. The van der Waals surface area contributed by atoms with E-state index in [2.05, 4.69) is 10.1 Å². The number of methoxy groups -OCH3 is 1. The second-order valence-corrected chi connectivity index (χ2v) is 4.08. The molecule has 4 nitrogen and oxygen atoms in total. The van der Waals surface area contributed by atoms with E-state index < -0.39 is 12.0 Å². The van der Waals surface area contributed by atoms with Crippen molar-refractivity contribution in [2.45, 2.75) is 19.9 Å². The standard InChI is InChI=1S/C13H17NO3/c1-9(2)11(13(16)17-3)14-12(15)10-7-5-4-6-8-10/h4-9,11H,1-3H3,(H,14,15)/t11-/m0/s1. The zero-order valence-corrected chi connectivity index (χ0v) is 10.3. The fourth-order valence-corrected chi connectivity index (χ4v) is 1.44. The van der Waals surface area contributed by atoms with Gasteiger partial charge in [-0.1, -0.05) is 32.0 Å². The summed E-state index contributed by atoms with van der Waals surface area (Å²) in [5, 5.41) is 2.67. The molecular formula is C13H17NO3. The molecular weight excluding hydrogens is 218 g/mol. The smallest absolute Gasteiger partial charge is 0.328 e. The molecule has 0 saturated carbocycles. The number of amides is 1. The van der Waals surface area contributed by atoms with Crippen LogP contribution < -0.4 is 5.32 Å². The van der Waals surface area contributed by atoms with E-state index >= 15 is 0 Å². The Morgan fingerprint density at radius 2 is 1.76 bits per heavy atom. The molecule has 0 spiro atoms. The Hall–Kier alpha value is -1.84. The van der Waals surface area contributed by atoms with Gasteiger partial charge >= 0.3 is 5.97 Å². The lowest BCUT2D eigenvalue weighted by Crippen LogP contribution is -2.45. The van der Waals surface area contributed by atoms with Crippen molar-refractivity contribution in [3.8, 4) is 0 Å². The Labute approximate surface area is 101 Å². The van der Waals surface area contributed by atoms with Gasteiger partial charge in [-0.05, 0) is 18.1 Å². The predicted molar refractivity (Wildman–Crippen MR) is 64.6 cm³/mol. The van der Waals surface area contributed by atoms with E-state index in [-0.39, 0.29) is 11.8 Å². The third-order valence-electron chi connectivity index (χ3n) is 2.44. The largest absolute Gasteiger partial charge is 0.467 e. The first-order valence-electron chi connectivity index (χ1n) is 5.50. The second kappa shape index (κ2) is 6.03. The summed E-state index contributed by atoms with van der Waals surface area (Å²) < 4.78 is 4.66. The van der Waals surface area contributed by atoms with E-state index in [1.54, 1.807) is 24.3 Å². The summed E-state index contributed by atoms with van der Waals surface area (Å²) in [5.41, 5.74) is 0.530. The van der Waals surface area contributed by atoms with Gasteiger partial charge in [0, 0.05) is 5.56 Å². The van der Waals surface area contributed by atoms with Crippen LogP contribution >= 0.6 is 0 Å². The van der Waals surface area contributed by atoms with Crippen LogP contribution in [-0.2, 0) is 9.53 Å². The SMILES string of the molecule is COC(=O)[C@@H](NC(=O)c1ccccc1)C(C)C. The summed E-state index contributed by atoms with van der Waals surface area (Å²) in [6, 6.07) is 8.16. The highest BCUT2D eigenvalue weighted by molar-refractivity contribution is 5.96. The molecule has 0 bridgehead atoms. The number of carbonyl (C=O) groups is 2. The van der Waals surface area contributed by atoms with Crippen LogP contribution in [0.2, 0.25) is 0 Å². The van der Waals surface area contributed by atoms with Crippen molar-refractivity contribution in [2.24, 2.45) is 5.92 Å². The molecule has 0 aliphatic heterocycles. The number of esters is 1. The van der Waals surface area contributed by atoms with Gasteiger partial charge in [-0.25, -0.2) is 4.79 Å². The molecule has 92 valence electrons. The summed E-state index contributed by atoms with van der Waals surface area (Å²) in [7, 11) is 1.31. The van der Waals surface area contributed by atoms with Gasteiger partial charge in [-0.2, -0.15) is 0 Å². The van der Waals surface area contributed by atoms with Crippen molar-refractivity contribution in [1.82, 2.24) is 5.32 Å². The lowest BCUT2D eigenvalue weighted by Gasteiger charge is -2.19. The first kappa shape index (κ1) is 13.2. The Balaban J connectivity index is 2.75. The van der Waals surface area contributed by atoms with Gasteiger partial charge < -0.3 is 10.1 Å². The minimum absolute atomic E-state index is 0.0184. The summed E-state index contributed by atoms with van der Waals surface area (Å²) in [6.45, 7) is 3.71. The maximum absolute atomic E-state index is 11.9. The minimum atomic E-state index is -0.618. The van der Waals surface area contributed by atoms with Gasteiger partial charge in [0.05, 0.1) is 7.11 Å². The summed E-state index contributed by atoms with van der Waals surface area (Å²) >= 11 is 0. The molecule has 17 heavy (non-hydrogen) atoms. The highest BCUT2D eigenvalue weighted by Crippen LogP contribution is 2.06. The lowest BCUT2D eigenvalue weighted by molar-refractivity contribution is -0.144. The molecule has 0 unspecified atom stereocenters. The fourth-order valence-electron chi connectivity index (χ4n) is 1.44. The van der Waals surface area contributed by atoms with Crippen LogP contribution in [0, 0.1) is 5.92 Å². The molecule has 0 aromatic heterocycles. The fraction of sp³-hybridized carbons (Fsp3) is 0.385. The molecule has 1 aromatic rings. The van der Waals surface area contributed by atoms with Gasteiger partial charge in [0.1, 0.15) is 6.04 Å². The molecule has 1 atom stereocenters. The summed E-state index contributed by atoms with van der Waals surface area (Å²) in [4.78, 5) is 23.3. The highest BCUT2D eigenvalue weighted by atomic mass is 16.5. The number of ether oxygens (including phenoxy) is 1. The lowest BCUT2D eigenvalue weighted by atomic mass is 10.0. The van der Waals surface area contributed by atoms with E-state index in [9.17, 15) is 9.59 Å². The molecule has 0 saturated heterocycles. The van der Waals surface area contributed by atoms with E-state index in [0.717, 1.165) is 0 Å². The van der Waals surface area contributed by atoms with Crippen LogP contribution in [0.25, 0.3) is 0 Å². The Morgan fingerprint density at radius 1 is 1.18 bits per heavy atom. The molecule has 1 amide bonds. The summed E-state index contributed by atoms with van der Waals surface area (Å²) in [6.07, 6.45) is 0. The quantitative estimate of drug-likeness (QED) is 0.807. The molecule has 1 rings (SSSR count). The second-order valence-electron chi connectivity index (χ2n) is 4.08. The van der Waals surface area contributed by atoms with E-state index in [1.165, 1.54) is 7.11 Å². The topological polar surface area (TPSA) is 55.4 Å². The van der Waals surface area contributed by atoms with E-state index in [0.29, 0.717) is 5.56 Å². The van der Waals surface area contributed by atoms with Crippen molar-refractivity contribution in [2.75, 3.05) is 7.11 Å². The molecule has 0 aliphatic rings. The van der Waals surface area contributed by atoms with Gasteiger partial charge in [0.15, 0.2) is 0 Å².